The van der Waals surface area contributed by atoms with Crippen LogP contribution in [0.5, 0.6) is 0 Å². The van der Waals surface area contributed by atoms with Crippen molar-refractivity contribution < 1.29 is 14.9 Å². The van der Waals surface area contributed by atoms with Gasteiger partial charge in [0.1, 0.15) is 0 Å². The average molecular weight is 217 g/mol. The number of hydrogen-bond acceptors (Lipinski definition) is 4. The Kier molecular flexibility index (Phi) is 5.53. The minimum atomic E-state index is -0.445. The second kappa shape index (κ2) is 6.43. The number of aliphatic hydroxyl groups excluding tert-OH is 2. The maximum Gasteiger partial charge on any atom is 0.0900 e. The number of aliphatic hydroxyl groups is 2. The second-order valence-electron chi connectivity index (χ2n) is 4.51. The number of rotatable bonds is 6. The number of likely N-dealkylation sites (tertiary alicyclic amines) is 1. The average Bonchev–Trinajstić information content (AvgIpc) is 2.62. The van der Waals surface area contributed by atoms with Crippen LogP contribution >= 0.6 is 0 Å². The van der Waals surface area contributed by atoms with Crippen molar-refractivity contribution in [2.24, 2.45) is 0 Å². The largest absolute Gasteiger partial charge is 0.395 e. The minimum absolute atomic E-state index is 0.159. The molecule has 0 saturated carbocycles. The molecule has 2 atom stereocenters. The molecule has 0 aliphatic carbocycles. The Morgan fingerprint density at radius 2 is 2.20 bits per heavy atom. The van der Waals surface area contributed by atoms with Crippen LogP contribution in [0.1, 0.15) is 26.7 Å². The van der Waals surface area contributed by atoms with Crippen LogP contribution in [0.15, 0.2) is 0 Å². The van der Waals surface area contributed by atoms with Crippen molar-refractivity contribution in [2.75, 3.05) is 26.3 Å². The van der Waals surface area contributed by atoms with Crippen LogP contribution in [0.3, 0.4) is 0 Å². The fourth-order valence-corrected chi connectivity index (χ4v) is 1.97. The third-order valence-corrected chi connectivity index (χ3v) is 2.78. The van der Waals surface area contributed by atoms with Gasteiger partial charge in [-0.05, 0) is 33.2 Å². The molecule has 1 fully saturated rings. The van der Waals surface area contributed by atoms with E-state index in [0.717, 1.165) is 19.4 Å². The van der Waals surface area contributed by atoms with Crippen molar-refractivity contribution in [1.82, 2.24) is 4.90 Å². The van der Waals surface area contributed by atoms with E-state index in [2.05, 4.69) is 4.90 Å². The van der Waals surface area contributed by atoms with Crippen molar-refractivity contribution in [3.63, 3.8) is 0 Å². The van der Waals surface area contributed by atoms with Gasteiger partial charge < -0.3 is 14.9 Å². The molecule has 0 aromatic carbocycles. The SMILES string of the molecule is CC(C)OCC(O)CN1CCCC1CO. The van der Waals surface area contributed by atoms with Gasteiger partial charge in [0.15, 0.2) is 0 Å². The highest BCUT2D eigenvalue weighted by molar-refractivity contribution is 4.80. The van der Waals surface area contributed by atoms with E-state index in [-0.39, 0.29) is 18.8 Å². The summed E-state index contributed by atoms with van der Waals surface area (Å²) < 4.78 is 5.34. The first-order chi connectivity index (χ1) is 7.13. The van der Waals surface area contributed by atoms with Crippen molar-refractivity contribution >= 4 is 0 Å². The van der Waals surface area contributed by atoms with Crippen LogP contribution in [0.4, 0.5) is 0 Å². The lowest BCUT2D eigenvalue weighted by Crippen LogP contribution is -2.40. The smallest absolute Gasteiger partial charge is 0.0900 e. The van der Waals surface area contributed by atoms with E-state index in [9.17, 15) is 5.11 Å². The molecule has 0 aromatic rings. The van der Waals surface area contributed by atoms with Crippen LogP contribution in [-0.4, -0.2) is 59.7 Å². The van der Waals surface area contributed by atoms with Crippen LogP contribution in [-0.2, 0) is 4.74 Å². The van der Waals surface area contributed by atoms with E-state index in [1.807, 2.05) is 13.8 Å². The molecule has 0 radical (unpaired) electrons. The van der Waals surface area contributed by atoms with Crippen LogP contribution < -0.4 is 0 Å². The van der Waals surface area contributed by atoms with E-state index in [4.69, 9.17) is 9.84 Å². The standard InChI is InChI=1S/C11H23NO3/c1-9(2)15-8-11(14)6-12-5-3-4-10(12)7-13/h9-11,13-14H,3-8H2,1-2H3. The first-order valence-electron chi connectivity index (χ1n) is 5.78. The lowest BCUT2D eigenvalue weighted by Gasteiger charge is -2.25. The summed E-state index contributed by atoms with van der Waals surface area (Å²) in [6, 6.07) is 0.235. The van der Waals surface area contributed by atoms with Gasteiger partial charge in [0.05, 0.1) is 25.4 Å². The summed E-state index contributed by atoms with van der Waals surface area (Å²) >= 11 is 0. The Morgan fingerprint density at radius 1 is 1.47 bits per heavy atom. The summed E-state index contributed by atoms with van der Waals surface area (Å²) in [4.78, 5) is 2.15. The lowest BCUT2D eigenvalue weighted by molar-refractivity contribution is -0.0127. The molecule has 4 nitrogen and oxygen atoms in total. The fourth-order valence-electron chi connectivity index (χ4n) is 1.97. The minimum Gasteiger partial charge on any atom is -0.395 e. The van der Waals surface area contributed by atoms with Crippen LogP contribution in [0.2, 0.25) is 0 Å². The highest BCUT2D eigenvalue weighted by atomic mass is 16.5. The zero-order valence-electron chi connectivity index (χ0n) is 9.72. The first-order valence-corrected chi connectivity index (χ1v) is 5.78. The Labute approximate surface area is 91.8 Å². The molecule has 2 unspecified atom stereocenters. The van der Waals surface area contributed by atoms with Gasteiger partial charge >= 0.3 is 0 Å². The molecule has 0 aromatic heterocycles. The zero-order chi connectivity index (χ0) is 11.3. The molecule has 1 aliphatic rings. The summed E-state index contributed by atoms with van der Waals surface area (Å²) in [5, 5.41) is 18.8. The van der Waals surface area contributed by atoms with Gasteiger partial charge in [-0.15, -0.1) is 0 Å². The molecule has 0 bridgehead atoms. The second-order valence-corrected chi connectivity index (χ2v) is 4.51. The van der Waals surface area contributed by atoms with Crippen LogP contribution in [0, 0.1) is 0 Å². The molecule has 1 aliphatic heterocycles. The van der Waals surface area contributed by atoms with E-state index >= 15 is 0 Å². The lowest BCUT2D eigenvalue weighted by atomic mass is 10.2. The molecular weight excluding hydrogens is 194 g/mol. The summed E-state index contributed by atoms with van der Waals surface area (Å²) in [6.07, 6.45) is 1.86. The van der Waals surface area contributed by atoms with Crippen LogP contribution in [0.25, 0.3) is 0 Å². The molecule has 1 rings (SSSR count). The fraction of sp³-hybridized carbons (Fsp3) is 1.00. The molecule has 2 N–H and O–H groups in total. The Balaban J connectivity index is 2.21. The van der Waals surface area contributed by atoms with Gasteiger partial charge in [0.25, 0.3) is 0 Å². The predicted molar refractivity (Wildman–Crippen MR) is 58.8 cm³/mol. The van der Waals surface area contributed by atoms with E-state index in [0.29, 0.717) is 13.2 Å². The molecule has 1 saturated heterocycles. The molecule has 1 heterocycles. The normalized spacial score (nSPS) is 25.0. The van der Waals surface area contributed by atoms with Gasteiger partial charge in [-0.3, -0.25) is 4.90 Å². The highest BCUT2D eigenvalue weighted by Crippen LogP contribution is 2.16. The van der Waals surface area contributed by atoms with E-state index in [1.54, 1.807) is 0 Å². The van der Waals surface area contributed by atoms with Crippen molar-refractivity contribution in [3.05, 3.63) is 0 Å². The maximum absolute atomic E-state index is 9.72. The van der Waals surface area contributed by atoms with Crippen molar-refractivity contribution in [3.8, 4) is 0 Å². The number of ether oxygens (including phenoxy) is 1. The Hall–Kier alpha value is -0.160. The first kappa shape index (κ1) is 12.9. The molecule has 4 heteroatoms. The van der Waals surface area contributed by atoms with E-state index in [1.165, 1.54) is 0 Å². The van der Waals surface area contributed by atoms with Crippen molar-refractivity contribution in [1.29, 1.82) is 0 Å². The number of β-amino-alcohol motifs (C(OH)–C–C–N with tert-alkyl or cyclic N) is 1. The quantitative estimate of drug-likeness (QED) is 0.669. The van der Waals surface area contributed by atoms with Gasteiger partial charge in [0.2, 0.25) is 0 Å². The number of nitrogens with zero attached hydrogens (tertiary/aromatic N) is 1. The molecular formula is C11H23NO3. The number of hydrogen-bond donors (Lipinski definition) is 2. The van der Waals surface area contributed by atoms with E-state index < -0.39 is 6.10 Å². The monoisotopic (exact) mass is 217 g/mol. The summed E-state index contributed by atoms with van der Waals surface area (Å²) in [7, 11) is 0. The topological polar surface area (TPSA) is 52.9 Å². The maximum atomic E-state index is 9.72. The molecule has 0 spiro atoms. The zero-order valence-corrected chi connectivity index (χ0v) is 9.72. The van der Waals surface area contributed by atoms with Gasteiger partial charge in [0, 0.05) is 12.6 Å². The Morgan fingerprint density at radius 3 is 2.80 bits per heavy atom. The third-order valence-electron chi connectivity index (χ3n) is 2.78. The molecule has 15 heavy (non-hydrogen) atoms. The van der Waals surface area contributed by atoms with Crippen molar-refractivity contribution in [2.45, 2.75) is 44.9 Å². The Bertz CT molecular complexity index is 175. The van der Waals surface area contributed by atoms with Gasteiger partial charge in [-0.1, -0.05) is 0 Å². The highest BCUT2D eigenvalue weighted by Gasteiger charge is 2.25. The molecule has 90 valence electrons. The third kappa shape index (κ3) is 4.47. The summed E-state index contributed by atoms with van der Waals surface area (Å²) in [6.45, 7) is 6.07. The summed E-state index contributed by atoms with van der Waals surface area (Å²) in [5.41, 5.74) is 0. The molecule has 0 amide bonds. The summed E-state index contributed by atoms with van der Waals surface area (Å²) in [5.74, 6) is 0. The predicted octanol–water partition coefficient (Wildman–Crippen LogP) is 0.229. The van der Waals surface area contributed by atoms with Gasteiger partial charge in [-0.25, -0.2) is 0 Å². The van der Waals surface area contributed by atoms with Gasteiger partial charge in [-0.2, -0.15) is 0 Å².